The Morgan fingerprint density at radius 1 is 1.17 bits per heavy atom. The second-order valence-electron chi connectivity index (χ2n) is 6.87. The molecule has 0 saturated heterocycles. The lowest BCUT2D eigenvalue weighted by Crippen LogP contribution is -2.35. The maximum Gasteiger partial charge on any atom is 0.261 e. The largest absolute Gasteiger partial charge is 0.497 e. The van der Waals surface area contributed by atoms with Crippen molar-refractivity contribution in [1.82, 2.24) is 14.5 Å². The van der Waals surface area contributed by atoms with Gasteiger partial charge >= 0.3 is 0 Å². The van der Waals surface area contributed by atoms with E-state index in [2.05, 4.69) is 4.98 Å². The van der Waals surface area contributed by atoms with Gasteiger partial charge in [0.15, 0.2) is 0 Å². The van der Waals surface area contributed by atoms with Crippen LogP contribution in [0.2, 0.25) is 5.02 Å². The fourth-order valence-electron chi connectivity index (χ4n) is 3.32. The van der Waals surface area contributed by atoms with Crippen molar-refractivity contribution in [2.24, 2.45) is 0 Å². The second kappa shape index (κ2) is 8.75. The molecule has 1 unspecified atom stereocenters. The number of methoxy groups -OCH3 is 2. The van der Waals surface area contributed by atoms with Crippen LogP contribution < -0.4 is 15.0 Å². The number of carbonyl (C=O) groups is 1. The van der Waals surface area contributed by atoms with Gasteiger partial charge in [-0.1, -0.05) is 11.6 Å². The molecule has 0 fully saturated rings. The van der Waals surface area contributed by atoms with Crippen molar-refractivity contribution in [2.75, 3.05) is 21.3 Å². The van der Waals surface area contributed by atoms with E-state index in [1.165, 1.54) is 14.2 Å². The number of ether oxygens (including phenoxy) is 2. The molecule has 1 aromatic heterocycles. The molecule has 0 bridgehead atoms. The van der Waals surface area contributed by atoms with Crippen molar-refractivity contribution in [2.45, 2.75) is 26.4 Å². The Kier molecular flexibility index (Phi) is 6.31. The van der Waals surface area contributed by atoms with Gasteiger partial charge in [0.1, 0.15) is 17.3 Å². The Labute approximate surface area is 179 Å². The predicted molar refractivity (Wildman–Crippen MR) is 117 cm³/mol. The summed E-state index contributed by atoms with van der Waals surface area (Å²) in [5, 5.41) is 0.927. The zero-order chi connectivity index (χ0) is 22.0. The highest BCUT2D eigenvalue weighted by atomic mass is 35.5. The van der Waals surface area contributed by atoms with Crippen molar-refractivity contribution in [3.8, 4) is 11.5 Å². The normalized spacial score (nSPS) is 11.9. The predicted octanol–water partition coefficient (Wildman–Crippen LogP) is 3.92. The molecule has 7 nitrogen and oxygen atoms in total. The summed E-state index contributed by atoms with van der Waals surface area (Å²) in [6.45, 7) is 4.12. The minimum absolute atomic E-state index is 0.184. The molecule has 0 radical (unpaired) electrons. The first kappa shape index (κ1) is 21.6. The van der Waals surface area contributed by atoms with Gasteiger partial charge < -0.3 is 14.4 Å². The van der Waals surface area contributed by atoms with Crippen LogP contribution in [0.1, 0.15) is 36.1 Å². The summed E-state index contributed by atoms with van der Waals surface area (Å²) in [6.07, 6.45) is 0. The van der Waals surface area contributed by atoms with Gasteiger partial charge in [0.2, 0.25) is 0 Å². The third-order valence-corrected chi connectivity index (χ3v) is 5.37. The fraction of sp³-hybridized carbons (Fsp3) is 0.318. The van der Waals surface area contributed by atoms with E-state index in [1.807, 2.05) is 13.8 Å². The topological polar surface area (TPSA) is 73.7 Å². The fourth-order valence-corrected chi connectivity index (χ4v) is 3.49. The molecule has 1 atom stereocenters. The molecule has 0 aliphatic carbocycles. The van der Waals surface area contributed by atoms with E-state index in [9.17, 15) is 9.59 Å². The van der Waals surface area contributed by atoms with Crippen molar-refractivity contribution < 1.29 is 14.3 Å². The molecule has 8 heteroatoms. The van der Waals surface area contributed by atoms with Crippen molar-refractivity contribution in [3.63, 3.8) is 0 Å². The minimum Gasteiger partial charge on any atom is -0.497 e. The Morgan fingerprint density at radius 2 is 1.80 bits per heavy atom. The smallest absolute Gasteiger partial charge is 0.261 e. The average Bonchev–Trinajstić information content (AvgIpc) is 2.77. The lowest BCUT2D eigenvalue weighted by atomic mass is 10.1. The monoisotopic (exact) mass is 429 g/mol. The molecule has 0 aliphatic rings. The first-order chi connectivity index (χ1) is 14.3. The molecule has 30 heavy (non-hydrogen) atoms. The number of amides is 1. The number of aromatic nitrogens is 2. The Hall–Kier alpha value is -3.06. The highest BCUT2D eigenvalue weighted by Crippen LogP contribution is 2.26. The first-order valence-corrected chi connectivity index (χ1v) is 9.88. The maximum absolute atomic E-state index is 13.2. The number of nitrogens with zero attached hydrogens (tertiary/aromatic N) is 3. The average molecular weight is 430 g/mol. The number of fused-ring (bicyclic) bond motifs is 1. The van der Waals surface area contributed by atoms with Gasteiger partial charge in [-0.15, -0.1) is 0 Å². The van der Waals surface area contributed by atoms with Crippen LogP contribution in [0, 0.1) is 0 Å². The van der Waals surface area contributed by atoms with Gasteiger partial charge in [0, 0.05) is 30.2 Å². The van der Waals surface area contributed by atoms with E-state index < -0.39 is 6.04 Å². The lowest BCUT2D eigenvalue weighted by Gasteiger charge is -2.27. The van der Waals surface area contributed by atoms with Crippen LogP contribution in [-0.2, 0) is 6.54 Å². The van der Waals surface area contributed by atoms with E-state index in [0.717, 1.165) is 0 Å². The van der Waals surface area contributed by atoms with E-state index in [-0.39, 0.29) is 11.5 Å². The third kappa shape index (κ3) is 3.98. The van der Waals surface area contributed by atoms with Crippen molar-refractivity contribution in [3.05, 3.63) is 63.2 Å². The number of rotatable bonds is 6. The van der Waals surface area contributed by atoms with Crippen molar-refractivity contribution >= 4 is 28.4 Å². The lowest BCUT2D eigenvalue weighted by molar-refractivity contribution is 0.0732. The molecular formula is C22H24ClN3O4. The maximum atomic E-state index is 13.2. The molecular weight excluding hydrogens is 406 g/mol. The van der Waals surface area contributed by atoms with E-state index in [4.69, 9.17) is 21.1 Å². The molecule has 3 aromatic rings. The second-order valence-corrected chi connectivity index (χ2v) is 7.31. The Balaban J connectivity index is 2.05. The van der Waals surface area contributed by atoms with E-state index in [0.29, 0.717) is 45.4 Å². The van der Waals surface area contributed by atoms with E-state index in [1.54, 1.807) is 52.9 Å². The highest BCUT2D eigenvalue weighted by Gasteiger charge is 2.24. The molecule has 0 spiro atoms. The van der Waals surface area contributed by atoms with Crippen molar-refractivity contribution in [1.29, 1.82) is 0 Å². The zero-order valence-electron chi connectivity index (χ0n) is 17.6. The number of hydrogen-bond acceptors (Lipinski definition) is 5. The molecule has 0 N–H and O–H groups in total. The molecule has 0 saturated carbocycles. The summed E-state index contributed by atoms with van der Waals surface area (Å²) < 4.78 is 12.1. The van der Waals surface area contributed by atoms with Crippen LogP contribution in [0.15, 0.2) is 41.2 Å². The zero-order valence-corrected chi connectivity index (χ0v) is 18.4. The molecule has 1 amide bonds. The SMILES string of the molecule is CCn1c(C(C)N(C)C(=O)c2cc(OC)cc(OC)c2)nc2ccc(Cl)cc2c1=O. The van der Waals surface area contributed by atoms with Crippen LogP contribution in [0.3, 0.4) is 0 Å². The Bertz CT molecular complexity index is 1140. The van der Waals surface area contributed by atoms with Gasteiger partial charge in [-0.05, 0) is 44.2 Å². The summed E-state index contributed by atoms with van der Waals surface area (Å²) in [6, 6.07) is 9.56. The van der Waals surface area contributed by atoms with Crippen LogP contribution >= 0.6 is 11.6 Å². The third-order valence-electron chi connectivity index (χ3n) is 5.14. The summed E-state index contributed by atoms with van der Waals surface area (Å²) in [4.78, 5) is 32.4. The standard InChI is InChI=1S/C22H24ClN3O4/c1-6-26-20(24-19-8-7-15(23)11-18(19)22(26)28)13(2)25(3)21(27)14-9-16(29-4)12-17(10-14)30-5/h7-13H,6H2,1-5H3. The molecule has 3 rings (SSSR count). The van der Waals surface area contributed by atoms with E-state index >= 15 is 0 Å². The summed E-state index contributed by atoms with van der Waals surface area (Å²) >= 11 is 6.05. The molecule has 1 heterocycles. The van der Waals surface area contributed by atoms with Gasteiger partial charge in [0.05, 0.1) is 31.2 Å². The van der Waals surface area contributed by atoms with Gasteiger partial charge in [-0.2, -0.15) is 0 Å². The quantitative estimate of drug-likeness (QED) is 0.593. The van der Waals surface area contributed by atoms with Crippen LogP contribution in [0.5, 0.6) is 11.5 Å². The number of halogens is 1. The minimum atomic E-state index is -0.456. The first-order valence-electron chi connectivity index (χ1n) is 9.50. The molecule has 0 aliphatic heterocycles. The summed E-state index contributed by atoms with van der Waals surface area (Å²) in [7, 11) is 4.73. The summed E-state index contributed by atoms with van der Waals surface area (Å²) in [5.74, 6) is 1.30. The van der Waals surface area contributed by atoms with Gasteiger partial charge in [-0.25, -0.2) is 4.98 Å². The van der Waals surface area contributed by atoms with Crippen LogP contribution in [0.4, 0.5) is 0 Å². The van der Waals surface area contributed by atoms with Crippen LogP contribution in [0.25, 0.3) is 10.9 Å². The van der Waals surface area contributed by atoms with Gasteiger partial charge in [0.25, 0.3) is 11.5 Å². The van der Waals surface area contributed by atoms with Crippen LogP contribution in [-0.4, -0.2) is 41.6 Å². The Morgan fingerprint density at radius 3 is 2.37 bits per heavy atom. The summed E-state index contributed by atoms with van der Waals surface area (Å²) in [5.41, 5.74) is 0.772. The molecule has 158 valence electrons. The number of hydrogen-bond donors (Lipinski definition) is 0. The highest BCUT2D eigenvalue weighted by molar-refractivity contribution is 6.31. The number of carbonyl (C=O) groups excluding carboxylic acids is 1. The number of benzene rings is 2. The van der Waals surface area contributed by atoms with Gasteiger partial charge in [-0.3, -0.25) is 14.2 Å². The molecule has 2 aromatic carbocycles.